The van der Waals surface area contributed by atoms with E-state index in [1.807, 2.05) is 0 Å². The Morgan fingerprint density at radius 1 is 1.25 bits per heavy atom. The van der Waals surface area contributed by atoms with E-state index in [4.69, 9.17) is 0 Å². The zero-order valence-electron chi connectivity index (χ0n) is 7.13. The Balaban J connectivity index is 1.99. The summed E-state index contributed by atoms with van der Waals surface area (Å²) in [6, 6.07) is 0.569. The lowest BCUT2D eigenvalue weighted by molar-refractivity contribution is -0.129. The number of hydrogen-bond donors (Lipinski definition) is 0. The van der Waals surface area contributed by atoms with Gasteiger partial charge in [0.2, 0.25) is 5.91 Å². The van der Waals surface area contributed by atoms with Crippen molar-refractivity contribution in [3.05, 3.63) is 0 Å². The largest absolute Gasteiger partial charge is 0.339 e. The van der Waals surface area contributed by atoms with Crippen molar-refractivity contribution in [1.29, 1.82) is 0 Å². The number of nitrogens with zero attached hydrogens (tertiary/aromatic N) is 1. The fraction of sp³-hybridized carbons (Fsp3) is 0.889. The Kier molecular flexibility index (Phi) is 2.40. The number of carbonyl (C=O) groups is 1. The predicted molar refractivity (Wildman–Crippen MR) is 51.3 cm³/mol. The second-order valence-electron chi connectivity index (χ2n) is 3.73. The third kappa shape index (κ3) is 1.39. The summed E-state index contributed by atoms with van der Waals surface area (Å²) >= 11 is 3.40. The first kappa shape index (κ1) is 8.54. The van der Waals surface area contributed by atoms with Crippen LogP contribution in [-0.4, -0.2) is 28.2 Å². The minimum atomic E-state index is 0.109. The van der Waals surface area contributed by atoms with Crippen LogP contribution in [0.2, 0.25) is 0 Å². The van der Waals surface area contributed by atoms with Crippen molar-refractivity contribution in [3.8, 4) is 0 Å². The maximum absolute atomic E-state index is 11.6. The quantitative estimate of drug-likeness (QED) is 0.632. The molecule has 0 spiro atoms. The summed E-state index contributed by atoms with van der Waals surface area (Å²) in [6.45, 7) is 0.972. The molecule has 3 heteroatoms. The molecule has 0 radical (unpaired) electrons. The Morgan fingerprint density at radius 3 is 2.42 bits per heavy atom. The number of amides is 1. The van der Waals surface area contributed by atoms with Crippen LogP contribution in [0.1, 0.15) is 32.1 Å². The van der Waals surface area contributed by atoms with Crippen LogP contribution in [0.3, 0.4) is 0 Å². The standard InChI is InChI=1S/C9H14BrNO/c10-8-5-6-11(9(8)12)7-3-1-2-4-7/h7-8H,1-6H2. The number of hydrogen-bond acceptors (Lipinski definition) is 1. The van der Waals surface area contributed by atoms with Crippen molar-refractivity contribution >= 4 is 21.8 Å². The average molecular weight is 232 g/mol. The lowest BCUT2D eigenvalue weighted by Crippen LogP contribution is -2.35. The Morgan fingerprint density at radius 2 is 1.92 bits per heavy atom. The zero-order valence-corrected chi connectivity index (χ0v) is 8.72. The normalized spacial score (nSPS) is 31.9. The van der Waals surface area contributed by atoms with Gasteiger partial charge < -0.3 is 4.90 Å². The molecule has 2 aliphatic rings. The van der Waals surface area contributed by atoms with Gasteiger partial charge in [0.25, 0.3) is 0 Å². The van der Waals surface area contributed by atoms with Crippen molar-refractivity contribution in [1.82, 2.24) is 4.90 Å². The SMILES string of the molecule is O=C1C(Br)CCN1C1CCCC1. The van der Waals surface area contributed by atoms with Gasteiger partial charge in [0.15, 0.2) is 0 Å². The first-order valence-electron chi connectivity index (χ1n) is 4.73. The van der Waals surface area contributed by atoms with Crippen LogP contribution in [-0.2, 0) is 4.79 Å². The van der Waals surface area contributed by atoms with E-state index in [0.717, 1.165) is 13.0 Å². The predicted octanol–water partition coefficient (Wildman–Crippen LogP) is 1.92. The first-order chi connectivity index (χ1) is 5.79. The minimum Gasteiger partial charge on any atom is -0.339 e. The van der Waals surface area contributed by atoms with Crippen LogP contribution in [0.4, 0.5) is 0 Å². The molecule has 2 rings (SSSR count). The molecule has 2 fully saturated rings. The molecule has 1 aliphatic heterocycles. The van der Waals surface area contributed by atoms with Crippen LogP contribution >= 0.6 is 15.9 Å². The molecular formula is C9H14BrNO. The Bertz CT molecular complexity index is 189. The summed E-state index contributed by atoms with van der Waals surface area (Å²) in [7, 11) is 0. The van der Waals surface area contributed by atoms with Gasteiger partial charge in [0.05, 0.1) is 4.83 Å². The van der Waals surface area contributed by atoms with Crippen molar-refractivity contribution in [2.24, 2.45) is 0 Å². The number of carbonyl (C=O) groups excluding carboxylic acids is 1. The highest BCUT2D eigenvalue weighted by Crippen LogP contribution is 2.29. The molecule has 0 aromatic rings. The van der Waals surface area contributed by atoms with E-state index in [2.05, 4.69) is 20.8 Å². The van der Waals surface area contributed by atoms with Crippen LogP contribution < -0.4 is 0 Å². The molecule has 12 heavy (non-hydrogen) atoms. The molecule has 68 valence electrons. The monoisotopic (exact) mass is 231 g/mol. The van der Waals surface area contributed by atoms with Gasteiger partial charge in [0.1, 0.15) is 0 Å². The molecular weight excluding hydrogens is 218 g/mol. The van der Waals surface area contributed by atoms with Crippen LogP contribution in [0, 0.1) is 0 Å². The maximum atomic E-state index is 11.6. The van der Waals surface area contributed by atoms with E-state index < -0.39 is 0 Å². The average Bonchev–Trinajstić information content (AvgIpc) is 2.64. The molecule has 1 unspecified atom stereocenters. The molecule has 0 aromatic carbocycles. The summed E-state index contributed by atoms with van der Waals surface area (Å²) in [5, 5.41) is 0. The Labute approximate surface area is 81.4 Å². The van der Waals surface area contributed by atoms with Gasteiger partial charge in [-0.2, -0.15) is 0 Å². The van der Waals surface area contributed by atoms with Crippen LogP contribution in [0.5, 0.6) is 0 Å². The molecule has 1 saturated heterocycles. The summed E-state index contributed by atoms with van der Waals surface area (Å²) in [4.78, 5) is 13.8. The topological polar surface area (TPSA) is 20.3 Å². The van der Waals surface area contributed by atoms with Gasteiger partial charge in [0, 0.05) is 12.6 Å². The highest BCUT2D eigenvalue weighted by molar-refractivity contribution is 9.10. The molecule has 0 bridgehead atoms. The van der Waals surface area contributed by atoms with E-state index in [1.165, 1.54) is 25.7 Å². The summed E-state index contributed by atoms with van der Waals surface area (Å²) in [5.74, 6) is 0.321. The molecule has 1 aliphatic carbocycles. The van der Waals surface area contributed by atoms with E-state index in [1.54, 1.807) is 0 Å². The molecule has 1 amide bonds. The number of alkyl halides is 1. The van der Waals surface area contributed by atoms with Gasteiger partial charge in [-0.15, -0.1) is 0 Å². The van der Waals surface area contributed by atoms with Crippen molar-refractivity contribution < 1.29 is 4.79 Å². The smallest absolute Gasteiger partial charge is 0.236 e. The molecule has 2 nitrogen and oxygen atoms in total. The highest BCUT2D eigenvalue weighted by atomic mass is 79.9. The number of rotatable bonds is 1. The second-order valence-corrected chi connectivity index (χ2v) is 4.83. The van der Waals surface area contributed by atoms with Crippen LogP contribution in [0.25, 0.3) is 0 Å². The van der Waals surface area contributed by atoms with Gasteiger partial charge in [-0.1, -0.05) is 28.8 Å². The summed E-state index contributed by atoms with van der Waals surface area (Å²) < 4.78 is 0. The molecule has 1 atom stereocenters. The van der Waals surface area contributed by atoms with Gasteiger partial charge in [-0.05, 0) is 19.3 Å². The first-order valence-corrected chi connectivity index (χ1v) is 5.65. The maximum Gasteiger partial charge on any atom is 0.236 e. The fourth-order valence-electron chi connectivity index (χ4n) is 2.24. The van der Waals surface area contributed by atoms with Crippen molar-refractivity contribution in [2.45, 2.75) is 43.0 Å². The summed E-state index contributed by atoms with van der Waals surface area (Å²) in [5.41, 5.74) is 0. The number of likely N-dealkylation sites (tertiary alicyclic amines) is 1. The molecule has 1 heterocycles. The van der Waals surface area contributed by atoms with E-state index in [-0.39, 0.29) is 4.83 Å². The van der Waals surface area contributed by atoms with Crippen molar-refractivity contribution in [3.63, 3.8) is 0 Å². The lowest BCUT2D eigenvalue weighted by atomic mass is 10.2. The molecule has 0 N–H and O–H groups in total. The van der Waals surface area contributed by atoms with Crippen molar-refractivity contribution in [2.75, 3.05) is 6.54 Å². The van der Waals surface area contributed by atoms with E-state index in [9.17, 15) is 4.79 Å². The van der Waals surface area contributed by atoms with E-state index >= 15 is 0 Å². The number of halogens is 1. The fourth-order valence-corrected chi connectivity index (χ4v) is 2.71. The molecule has 0 aromatic heterocycles. The lowest BCUT2D eigenvalue weighted by Gasteiger charge is -2.23. The van der Waals surface area contributed by atoms with Gasteiger partial charge in [-0.3, -0.25) is 4.79 Å². The minimum absolute atomic E-state index is 0.109. The highest BCUT2D eigenvalue weighted by Gasteiger charge is 2.35. The Hall–Kier alpha value is -0.0500. The van der Waals surface area contributed by atoms with E-state index in [0.29, 0.717) is 11.9 Å². The van der Waals surface area contributed by atoms with Gasteiger partial charge >= 0.3 is 0 Å². The second kappa shape index (κ2) is 3.36. The zero-order chi connectivity index (χ0) is 8.55. The summed E-state index contributed by atoms with van der Waals surface area (Å²) in [6.07, 6.45) is 6.06. The molecule has 1 saturated carbocycles. The van der Waals surface area contributed by atoms with Gasteiger partial charge in [-0.25, -0.2) is 0 Å². The van der Waals surface area contributed by atoms with Crippen LogP contribution in [0.15, 0.2) is 0 Å². The third-order valence-electron chi connectivity index (χ3n) is 2.94. The third-order valence-corrected chi connectivity index (χ3v) is 3.79.